The van der Waals surface area contributed by atoms with E-state index in [2.05, 4.69) is 15.0 Å². The highest BCUT2D eigenvalue weighted by molar-refractivity contribution is 5.78. The van der Waals surface area contributed by atoms with Crippen LogP contribution < -0.4 is 5.32 Å². The fraction of sp³-hybridized carbons (Fsp3) is 0.318. The van der Waals surface area contributed by atoms with E-state index in [-0.39, 0.29) is 18.1 Å². The van der Waals surface area contributed by atoms with Crippen LogP contribution in [-0.2, 0) is 17.8 Å². The van der Waals surface area contributed by atoms with Crippen molar-refractivity contribution in [2.75, 3.05) is 0 Å². The average Bonchev–Trinajstić information content (AvgIpc) is 3.38. The zero-order chi connectivity index (χ0) is 19.3. The normalized spacial score (nSPS) is 14.3. The van der Waals surface area contributed by atoms with Crippen molar-refractivity contribution in [2.24, 2.45) is 0 Å². The number of nitrogens with zero attached hydrogens (tertiary/aromatic N) is 3. The number of rotatable bonds is 6. The van der Waals surface area contributed by atoms with Crippen LogP contribution in [0, 0.1) is 5.82 Å². The third-order valence-electron chi connectivity index (χ3n) is 5.13. The number of hydrogen-bond donors (Lipinski definition) is 1. The van der Waals surface area contributed by atoms with Gasteiger partial charge in [-0.05, 0) is 48.7 Å². The van der Waals surface area contributed by atoms with Gasteiger partial charge < -0.3 is 5.32 Å². The Hall–Kier alpha value is -3.02. The van der Waals surface area contributed by atoms with E-state index in [1.54, 1.807) is 18.3 Å². The van der Waals surface area contributed by atoms with E-state index in [1.807, 2.05) is 24.3 Å². The molecule has 1 aliphatic rings. The molecule has 144 valence electrons. The number of amides is 1. The van der Waals surface area contributed by atoms with Crippen LogP contribution in [0.1, 0.15) is 43.0 Å². The molecule has 1 saturated carbocycles. The molecule has 2 heterocycles. The molecule has 1 aromatic carbocycles. The first-order chi connectivity index (χ1) is 13.7. The number of benzene rings is 1. The molecule has 0 bridgehead atoms. The Morgan fingerprint density at radius 2 is 1.93 bits per heavy atom. The minimum atomic E-state index is -0.302. The zero-order valence-corrected chi connectivity index (χ0v) is 15.6. The van der Waals surface area contributed by atoms with Crippen LogP contribution in [0.3, 0.4) is 0 Å². The standard InChI is InChI=1S/C22H23FN4O/c23-17-10-8-16(9-11-17)13-22(28)25-15-18-14-21(20-7-3-4-12-24-20)27(26-18)19-5-1-2-6-19/h3-4,7-12,14,19H,1-2,5-6,13,15H2,(H,25,28). The average molecular weight is 378 g/mol. The molecule has 0 aliphatic heterocycles. The summed E-state index contributed by atoms with van der Waals surface area (Å²) in [5.74, 6) is -0.412. The van der Waals surface area contributed by atoms with E-state index >= 15 is 0 Å². The number of halogens is 1. The second kappa shape index (κ2) is 8.33. The first-order valence-electron chi connectivity index (χ1n) is 9.70. The van der Waals surface area contributed by atoms with Gasteiger partial charge in [0.25, 0.3) is 0 Å². The van der Waals surface area contributed by atoms with Crippen LogP contribution in [0.25, 0.3) is 11.4 Å². The molecule has 0 spiro atoms. The summed E-state index contributed by atoms with van der Waals surface area (Å²) >= 11 is 0. The van der Waals surface area contributed by atoms with Crippen molar-refractivity contribution in [3.8, 4) is 11.4 Å². The maximum Gasteiger partial charge on any atom is 0.224 e. The zero-order valence-electron chi connectivity index (χ0n) is 15.6. The molecule has 1 aliphatic carbocycles. The van der Waals surface area contributed by atoms with Crippen LogP contribution in [0.5, 0.6) is 0 Å². The molecule has 1 fully saturated rings. The van der Waals surface area contributed by atoms with Crippen LogP contribution in [0.15, 0.2) is 54.7 Å². The summed E-state index contributed by atoms with van der Waals surface area (Å²) in [5, 5.41) is 7.69. The van der Waals surface area contributed by atoms with Gasteiger partial charge in [-0.2, -0.15) is 5.10 Å². The molecule has 0 saturated heterocycles. The molecule has 28 heavy (non-hydrogen) atoms. The van der Waals surface area contributed by atoms with Gasteiger partial charge in [-0.3, -0.25) is 14.5 Å². The minimum Gasteiger partial charge on any atom is -0.350 e. The maximum absolute atomic E-state index is 13.0. The van der Waals surface area contributed by atoms with Crippen molar-refractivity contribution in [1.29, 1.82) is 0 Å². The van der Waals surface area contributed by atoms with Crippen molar-refractivity contribution in [3.63, 3.8) is 0 Å². The molecule has 0 atom stereocenters. The summed E-state index contributed by atoms with van der Waals surface area (Å²) in [6.07, 6.45) is 6.68. The van der Waals surface area contributed by atoms with Crippen LogP contribution in [0.2, 0.25) is 0 Å². The minimum absolute atomic E-state index is 0.110. The third-order valence-corrected chi connectivity index (χ3v) is 5.13. The van der Waals surface area contributed by atoms with E-state index in [9.17, 15) is 9.18 Å². The van der Waals surface area contributed by atoms with Crippen molar-refractivity contribution in [2.45, 2.75) is 44.7 Å². The number of aromatic nitrogens is 3. The first-order valence-corrected chi connectivity index (χ1v) is 9.70. The topological polar surface area (TPSA) is 59.8 Å². The van der Waals surface area contributed by atoms with Crippen LogP contribution >= 0.6 is 0 Å². The van der Waals surface area contributed by atoms with Gasteiger partial charge in [-0.25, -0.2) is 4.39 Å². The predicted molar refractivity (Wildman–Crippen MR) is 105 cm³/mol. The lowest BCUT2D eigenvalue weighted by molar-refractivity contribution is -0.120. The van der Waals surface area contributed by atoms with E-state index in [4.69, 9.17) is 5.10 Å². The van der Waals surface area contributed by atoms with Gasteiger partial charge in [-0.1, -0.05) is 31.0 Å². The van der Waals surface area contributed by atoms with Crippen LogP contribution in [-0.4, -0.2) is 20.7 Å². The molecule has 1 amide bonds. The van der Waals surface area contributed by atoms with E-state index in [0.29, 0.717) is 12.6 Å². The molecular weight excluding hydrogens is 355 g/mol. The highest BCUT2D eigenvalue weighted by Crippen LogP contribution is 2.33. The fourth-order valence-electron chi connectivity index (χ4n) is 3.70. The molecule has 0 radical (unpaired) electrons. The lowest BCUT2D eigenvalue weighted by Crippen LogP contribution is -2.25. The molecule has 2 aromatic heterocycles. The SMILES string of the molecule is O=C(Cc1ccc(F)cc1)NCc1cc(-c2ccccn2)n(C2CCCC2)n1. The van der Waals surface area contributed by atoms with Gasteiger partial charge in [0.15, 0.2) is 0 Å². The number of carbonyl (C=O) groups excluding carboxylic acids is 1. The largest absolute Gasteiger partial charge is 0.350 e. The van der Waals surface area contributed by atoms with Gasteiger partial charge >= 0.3 is 0 Å². The van der Waals surface area contributed by atoms with Crippen molar-refractivity contribution >= 4 is 5.91 Å². The smallest absolute Gasteiger partial charge is 0.224 e. The highest BCUT2D eigenvalue weighted by atomic mass is 19.1. The van der Waals surface area contributed by atoms with Gasteiger partial charge in [0.1, 0.15) is 5.82 Å². The molecule has 4 rings (SSSR count). The molecule has 3 aromatic rings. The summed E-state index contributed by atoms with van der Waals surface area (Å²) in [6, 6.07) is 14.2. The second-order valence-corrected chi connectivity index (χ2v) is 7.20. The Kier molecular flexibility index (Phi) is 5.46. The molecule has 6 heteroatoms. The Bertz CT molecular complexity index is 931. The second-order valence-electron chi connectivity index (χ2n) is 7.20. The van der Waals surface area contributed by atoms with Gasteiger partial charge in [0.05, 0.1) is 36.1 Å². The Balaban J connectivity index is 1.47. The lowest BCUT2D eigenvalue weighted by atomic mass is 10.1. The molecule has 0 unspecified atom stereocenters. The third kappa shape index (κ3) is 4.27. The Morgan fingerprint density at radius 1 is 1.14 bits per heavy atom. The van der Waals surface area contributed by atoms with Crippen molar-refractivity contribution < 1.29 is 9.18 Å². The molecular formula is C22H23FN4O. The highest BCUT2D eigenvalue weighted by Gasteiger charge is 2.22. The fourth-order valence-corrected chi connectivity index (χ4v) is 3.70. The van der Waals surface area contributed by atoms with Crippen molar-refractivity contribution in [3.05, 3.63) is 71.8 Å². The monoisotopic (exact) mass is 378 g/mol. The van der Waals surface area contributed by atoms with E-state index in [1.165, 1.54) is 25.0 Å². The van der Waals surface area contributed by atoms with Gasteiger partial charge in [0.2, 0.25) is 5.91 Å². The van der Waals surface area contributed by atoms with Crippen LogP contribution in [0.4, 0.5) is 4.39 Å². The number of carbonyl (C=O) groups is 1. The number of pyridine rings is 1. The quantitative estimate of drug-likeness (QED) is 0.704. The van der Waals surface area contributed by atoms with Gasteiger partial charge in [-0.15, -0.1) is 0 Å². The van der Waals surface area contributed by atoms with Crippen molar-refractivity contribution in [1.82, 2.24) is 20.1 Å². The maximum atomic E-state index is 13.0. The summed E-state index contributed by atoms with van der Waals surface area (Å²) < 4.78 is 15.1. The summed E-state index contributed by atoms with van der Waals surface area (Å²) in [6.45, 7) is 0.361. The Labute approximate surface area is 163 Å². The summed E-state index contributed by atoms with van der Waals surface area (Å²) in [7, 11) is 0. The molecule has 5 nitrogen and oxygen atoms in total. The molecule has 1 N–H and O–H groups in total. The number of nitrogens with one attached hydrogen (secondary N) is 1. The lowest BCUT2D eigenvalue weighted by Gasteiger charge is -2.13. The number of hydrogen-bond acceptors (Lipinski definition) is 3. The first kappa shape index (κ1) is 18.3. The predicted octanol–water partition coefficient (Wildman–Crippen LogP) is 4.06. The van der Waals surface area contributed by atoms with E-state index < -0.39 is 0 Å². The Morgan fingerprint density at radius 3 is 2.64 bits per heavy atom. The van der Waals surface area contributed by atoms with E-state index in [0.717, 1.165) is 35.5 Å². The summed E-state index contributed by atoms with van der Waals surface area (Å²) in [5.41, 5.74) is 3.49. The van der Waals surface area contributed by atoms with Gasteiger partial charge in [0, 0.05) is 6.20 Å². The summed E-state index contributed by atoms with van der Waals surface area (Å²) in [4.78, 5) is 16.7.